The van der Waals surface area contributed by atoms with E-state index >= 15 is 0 Å². The first-order chi connectivity index (χ1) is 8.15. The van der Waals surface area contributed by atoms with Crippen molar-refractivity contribution in [1.82, 2.24) is 0 Å². The van der Waals surface area contributed by atoms with Gasteiger partial charge in [0.1, 0.15) is 0 Å². The van der Waals surface area contributed by atoms with Gasteiger partial charge in [-0.2, -0.15) is 0 Å². The van der Waals surface area contributed by atoms with Gasteiger partial charge in [0.25, 0.3) is 0 Å². The van der Waals surface area contributed by atoms with Gasteiger partial charge in [0.2, 0.25) is 5.78 Å². The van der Waals surface area contributed by atoms with Crippen molar-refractivity contribution in [2.45, 2.75) is 26.2 Å². The monoisotopic (exact) mass is 326 g/mol. The molecule has 88 valence electrons. The molecule has 0 atom stereocenters. The number of fused-ring (bicyclic) bond motifs is 1. The standard InChI is InChI=1S/C13H11BrOS2/c1-7-9(6-12(14)16-7)13(15)11-5-8-3-2-4-10(8)17-11/h5-6H,2-4H2,1H3. The quantitative estimate of drug-likeness (QED) is 0.737. The van der Waals surface area contributed by atoms with E-state index in [2.05, 4.69) is 22.0 Å². The molecule has 0 amide bonds. The first-order valence-corrected chi connectivity index (χ1v) is 8.00. The van der Waals surface area contributed by atoms with Gasteiger partial charge in [-0.3, -0.25) is 4.79 Å². The van der Waals surface area contributed by atoms with E-state index in [1.165, 1.54) is 16.9 Å². The molecule has 2 aromatic rings. The summed E-state index contributed by atoms with van der Waals surface area (Å²) >= 11 is 6.74. The normalized spacial score (nSPS) is 14.0. The number of halogens is 1. The Labute approximate surface area is 117 Å². The number of hydrogen-bond acceptors (Lipinski definition) is 3. The molecular weight excluding hydrogens is 316 g/mol. The number of rotatable bonds is 2. The van der Waals surface area contributed by atoms with E-state index in [-0.39, 0.29) is 5.78 Å². The van der Waals surface area contributed by atoms with E-state index in [0.29, 0.717) is 0 Å². The Morgan fingerprint density at radius 3 is 2.76 bits per heavy atom. The van der Waals surface area contributed by atoms with Gasteiger partial charge < -0.3 is 0 Å². The zero-order chi connectivity index (χ0) is 12.0. The third-order valence-electron chi connectivity index (χ3n) is 3.10. The molecule has 0 N–H and O–H groups in total. The van der Waals surface area contributed by atoms with Gasteiger partial charge in [-0.1, -0.05) is 0 Å². The lowest BCUT2D eigenvalue weighted by Gasteiger charge is -1.96. The molecule has 0 saturated heterocycles. The second-order valence-corrected chi connectivity index (χ2v) is 8.03. The Morgan fingerprint density at radius 1 is 1.29 bits per heavy atom. The lowest BCUT2D eigenvalue weighted by atomic mass is 10.1. The summed E-state index contributed by atoms with van der Waals surface area (Å²) in [5, 5.41) is 0. The molecule has 1 aliphatic rings. The highest BCUT2D eigenvalue weighted by Crippen LogP contribution is 2.34. The molecule has 0 fully saturated rings. The van der Waals surface area contributed by atoms with Gasteiger partial charge in [0.05, 0.1) is 8.66 Å². The van der Waals surface area contributed by atoms with E-state index in [4.69, 9.17) is 0 Å². The highest BCUT2D eigenvalue weighted by molar-refractivity contribution is 9.11. The first-order valence-electron chi connectivity index (χ1n) is 5.57. The molecule has 0 unspecified atom stereocenters. The Morgan fingerprint density at radius 2 is 2.12 bits per heavy atom. The summed E-state index contributed by atoms with van der Waals surface area (Å²) < 4.78 is 1.03. The van der Waals surface area contributed by atoms with Crippen molar-refractivity contribution >= 4 is 44.4 Å². The van der Waals surface area contributed by atoms with Crippen LogP contribution in [0.3, 0.4) is 0 Å². The highest BCUT2D eigenvalue weighted by atomic mass is 79.9. The third kappa shape index (κ3) is 2.02. The first kappa shape index (κ1) is 11.6. The van der Waals surface area contributed by atoms with Gasteiger partial charge >= 0.3 is 0 Å². The van der Waals surface area contributed by atoms with Crippen molar-refractivity contribution in [3.8, 4) is 0 Å². The molecule has 3 rings (SSSR count). The summed E-state index contributed by atoms with van der Waals surface area (Å²) in [5.74, 6) is 0.184. The van der Waals surface area contributed by atoms with Crippen molar-refractivity contribution in [1.29, 1.82) is 0 Å². The average Bonchev–Trinajstić information content (AvgIpc) is 2.90. The molecule has 2 aromatic heterocycles. The van der Waals surface area contributed by atoms with Crippen molar-refractivity contribution in [2.24, 2.45) is 0 Å². The van der Waals surface area contributed by atoms with Gasteiger partial charge in [0.15, 0.2) is 0 Å². The van der Waals surface area contributed by atoms with E-state index in [0.717, 1.165) is 31.9 Å². The van der Waals surface area contributed by atoms with Crippen LogP contribution in [-0.2, 0) is 12.8 Å². The van der Waals surface area contributed by atoms with Crippen LogP contribution < -0.4 is 0 Å². The Kier molecular flexibility index (Phi) is 2.97. The molecule has 4 heteroatoms. The van der Waals surface area contributed by atoms with Crippen LogP contribution in [0, 0.1) is 6.92 Å². The van der Waals surface area contributed by atoms with Crippen LogP contribution >= 0.6 is 38.6 Å². The van der Waals surface area contributed by atoms with E-state index in [1.807, 2.05) is 13.0 Å². The SMILES string of the molecule is Cc1sc(Br)cc1C(=O)c1cc2c(s1)CCC2. The fourth-order valence-electron chi connectivity index (χ4n) is 2.24. The summed E-state index contributed by atoms with van der Waals surface area (Å²) in [6, 6.07) is 4.04. The van der Waals surface area contributed by atoms with Crippen LogP contribution in [0.5, 0.6) is 0 Å². The summed E-state index contributed by atoms with van der Waals surface area (Å²) in [6.45, 7) is 2.00. The Bertz CT molecular complexity index is 573. The predicted molar refractivity (Wildman–Crippen MR) is 76.5 cm³/mol. The van der Waals surface area contributed by atoms with Crippen LogP contribution in [0.2, 0.25) is 0 Å². The average molecular weight is 327 g/mol. The zero-order valence-corrected chi connectivity index (χ0v) is 12.6. The lowest BCUT2D eigenvalue weighted by Crippen LogP contribution is -1.98. The number of ketones is 1. The van der Waals surface area contributed by atoms with Crippen molar-refractivity contribution in [3.05, 3.63) is 41.7 Å². The molecule has 0 bridgehead atoms. The lowest BCUT2D eigenvalue weighted by molar-refractivity contribution is 0.104. The minimum atomic E-state index is 0.184. The largest absolute Gasteiger partial charge is 0.288 e. The second-order valence-electron chi connectivity index (χ2n) is 4.26. The van der Waals surface area contributed by atoms with Crippen LogP contribution in [0.15, 0.2) is 15.9 Å². The third-order valence-corrected chi connectivity index (χ3v) is 5.89. The number of thiophene rings is 2. The Balaban J connectivity index is 1.98. The van der Waals surface area contributed by atoms with Crippen molar-refractivity contribution in [3.63, 3.8) is 0 Å². The van der Waals surface area contributed by atoms with E-state index < -0.39 is 0 Å². The van der Waals surface area contributed by atoms with Crippen molar-refractivity contribution in [2.75, 3.05) is 0 Å². The molecular formula is C13H11BrOS2. The van der Waals surface area contributed by atoms with Gasteiger partial charge in [-0.25, -0.2) is 0 Å². The maximum absolute atomic E-state index is 12.4. The maximum Gasteiger partial charge on any atom is 0.204 e. The minimum Gasteiger partial charge on any atom is -0.288 e. The fraction of sp³-hybridized carbons (Fsp3) is 0.308. The van der Waals surface area contributed by atoms with Gasteiger partial charge in [0, 0.05) is 15.3 Å². The number of carbonyl (C=O) groups excluding carboxylic acids is 1. The molecule has 0 aromatic carbocycles. The molecule has 0 saturated carbocycles. The highest BCUT2D eigenvalue weighted by Gasteiger charge is 2.21. The number of carbonyl (C=O) groups is 1. The molecule has 17 heavy (non-hydrogen) atoms. The minimum absolute atomic E-state index is 0.184. The molecule has 1 nitrogen and oxygen atoms in total. The van der Waals surface area contributed by atoms with Crippen LogP contribution in [0.1, 0.15) is 37.0 Å². The molecule has 0 spiro atoms. The topological polar surface area (TPSA) is 17.1 Å². The Hall–Kier alpha value is -0.450. The van der Waals surface area contributed by atoms with Gasteiger partial charge in [-0.15, -0.1) is 22.7 Å². The van der Waals surface area contributed by atoms with Crippen LogP contribution in [0.4, 0.5) is 0 Å². The zero-order valence-electron chi connectivity index (χ0n) is 9.38. The molecule has 1 aliphatic carbocycles. The van der Waals surface area contributed by atoms with Gasteiger partial charge in [-0.05, 0) is 59.8 Å². The predicted octanol–water partition coefficient (Wildman–Crippen LogP) is 4.60. The van der Waals surface area contributed by atoms with E-state index in [9.17, 15) is 4.79 Å². The van der Waals surface area contributed by atoms with Crippen molar-refractivity contribution < 1.29 is 4.79 Å². The maximum atomic E-state index is 12.4. The smallest absolute Gasteiger partial charge is 0.204 e. The number of hydrogen-bond donors (Lipinski definition) is 0. The van der Waals surface area contributed by atoms with E-state index in [1.54, 1.807) is 22.7 Å². The number of aryl methyl sites for hydroxylation is 3. The molecule has 0 radical (unpaired) electrons. The summed E-state index contributed by atoms with van der Waals surface area (Å²) in [6.07, 6.45) is 3.55. The summed E-state index contributed by atoms with van der Waals surface area (Å²) in [7, 11) is 0. The molecule has 2 heterocycles. The summed E-state index contributed by atoms with van der Waals surface area (Å²) in [4.78, 5) is 15.8. The van der Waals surface area contributed by atoms with Crippen LogP contribution in [0.25, 0.3) is 0 Å². The van der Waals surface area contributed by atoms with Crippen LogP contribution in [-0.4, -0.2) is 5.78 Å². The summed E-state index contributed by atoms with van der Waals surface area (Å²) in [5.41, 5.74) is 2.24. The second kappa shape index (κ2) is 4.34. The fourth-order valence-corrected chi connectivity index (χ4v) is 5.14. The molecule has 0 aliphatic heterocycles.